The third-order valence-corrected chi connectivity index (χ3v) is 10.2. The summed E-state index contributed by atoms with van der Waals surface area (Å²) >= 11 is 7.49. The zero-order valence-corrected chi connectivity index (χ0v) is 23.3. The van der Waals surface area contributed by atoms with Gasteiger partial charge in [0.2, 0.25) is 0 Å². The number of hydrogen-bond donors (Lipinski definition) is 1. The lowest BCUT2D eigenvalue weighted by Gasteiger charge is -2.27. The predicted octanol–water partition coefficient (Wildman–Crippen LogP) is 7.69. The molecule has 0 spiro atoms. The van der Waals surface area contributed by atoms with Crippen LogP contribution in [0.4, 0.5) is 14.5 Å². The number of sulfone groups is 1. The van der Waals surface area contributed by atoms with Crippen molar-refractivity contribution < 1.29 is 22.0 Å². The van der Waals surface area contributed by atoms with Crippen molar-refractivity contribution >= 4 is 54.5 Å². The van der Waals surface area contributed by atoms with Gasteiger partial charge in [0.15, 0.2) is 9.84 Å². The zero-order chi connectivity index (χ0) is 27.3. The number of amides is 1. The Kier molecular flexibility index (Phi) is 6.99. The van der Waals surface area contributed by atoms with Gasteiger partial charge in [-0.25, -0.2) is 17.2 Å². The molecule has 0 saturated carbocycles. The van der Waals surface area contributed by atoms with Gasteiger partial charge in [-0.05, 0) is 78.9 Å². The van der Waals surface area contributed by atoms with E-state index in [1.54, 1.807) is 30.3 Å². The van der Waals surface area contributed by atoms with Crippen LogP contribution in [0, 0.1) is 11.6 Å². The topological polar surface area (TPSA) is 63.2 Å². The highest BCUT2D eigenvalue weighted by atomic mass is 35.5. The number of halogens is 3. The molecule has 0 aliphatic heterocycles. The van der Waals surface area contributed by atoms with Crippen LogP contribution in [0.3, 0.4) is 0 Å². The summed E-state index contributed by atoms with van der Waals surface area (Å²) in [6.45, 7) is 6.87. The number of benzene rings is 3. The molecule has 0 aliphatic rings. The molecule has 0 aliphatic carbocycles. The third kappa shape index (κ3) is 5.28. The highest BCUT2D eigenvalue weighted by Gasteiger charge is 2.35. The molecule has 9 heteroatoms. The van der Waals surface area contributed by atoms with Crippen molar-refractivity contribution in [3.8, 4) is 0 Å². The summed E-state index contributed by atoms with van der Waals surface area (Å²) in [4.78, 5) is 13.5. The molecule has 4 aromatic rings. The van der Waals surface area contributed by atoms with E-state index in [1.165, 1.54) is 38.1 Å². The molecule has 0 saturated heterocycles. The Hall–Kier alpha value is -2.81. The summed E-state index contributed by atoms with van der Waals surface area (Å²) in [5.41, 5.74) is 1.72. The fourth-order valence-corrected chi connectivity index (χ4v) is 5.84. The first kappa shape index (κ1) is 27.2. The maximum atomic E-state index is 14.9. The molecule has 1 N–H and O–H groups in total. The molecule has 0 unspecified atom stereocenters. The monoisotopic (exact) mass is 561 g/mol. The van der Waals surface area contributed by atoms with E-state index in [0.29, 0.717) is 25.7 Å². The molecule has 0 radical (unpaired) electrons. The number of anilines is 1. The Morgan fingerprint density at radius 3 is 2.19 bits per heavy atom. The van der Waals surface area contributed by atoms with Crippen molar-refractivity contribution in [1.82, 2.24) is 0 Å². The molecule has 37 heavy (non-hydrogen) atoms. The van der Waals surface area contributed by atoms with Crippen LogP contribution in [0.2, 0.25) is 5.02 Å². The van der Waals surface area contributed by atoms with Crippen molar-refractivity contribution in [2.45, 2.75) is 37.9 Å². The summed E-state index contributed by atoms with van der Waals surface area (Å²) in [7, 11) is -3.59. The maximum absolute atomic E-state index is 14.9. The lowest BCUT2D eigenvalue weighted by atomic mass is 9.78. The molecule has 0 fully saturated rings. The van der Waals surface area contributed by atoms with Crippen LogP contribution in [-0.4, -0.2) is 20.6 Å². The second kappa shape index (κ2) is 9.49. The van der Waals surface area contributed by atoms with E-state index in [1.807, 2.05) is 19.9 Å². The second-order valence-electron chi connectivity index (χ2n) is 10.1. The fourth-order valence-electron chi connectivity index (χ4n) is 4.08. The summed E-state index contributed by atoms with van der Waals surface area (Å²) in [5, 5.41) is 3.86. The first-order valence-corrected chi connectivity index (χ1v) is 14.5. The van der Waals surface area contributed by atoms with E-state index in [2.05, 4.69) is 5.32 Å². The van der Waals surface area contributed by atoms with Gasteiger partial charge < -0.3 is 5.32 Å². The Bertz CT molecular complexity index is 1630. The molecule has 1 amide bonds. The van der Waals surface area contributed by atoms with E-state index in [-0.39, 0.29) is 11.4 Å². The van der Waals surface area contributed by atoms with Crippen LogP contribution in [-0.2, 0) is 20.0 Å². The number of rotatable bonds is 6. The van der Waals surface area contributed by atoms with Crippen LogP contribution in [0.25, 0.3) is 10.1 Å². The molecule has 0 bridgehead atoms. The van der Waals surface area contributed by atoms with Crippen LogP contribution in [0.1, 0.15) is 54.1 Å². The van der Waals surface area contributed by atoms with Crippen molar-refractivity contribution in [3.05, 3.63) is 98.9 Å². The minimum absolute atomic E-state index is 0.0507. The summed E-state index contributed by atoms with van der Waals surface area (Å²) in [5.74, 6) is -1.37. The number of carbonyl (C=O) groups excluding carboxylic acids is 1. The van der Waals surface area contributed by atoms with Crippen molar-refractivity contribution in [3.63, 3.8) is 0 Å². The van der Waals surface area contributed by atoms with E-state index < -0.39 is 31.7 Å². The van der Waals surface area contributed by atoms with E-state index in [4.69, 9.17) is 11.6 Å². The largest absolute Gasteiger partial charge is 0.321 e. The number of thiophene rings is 1. The Morgan fingerprint density at radius 2 is 1.57 bits per heavy atom. The smallest absolute Gasteiger partial charge is 0.265 e. The third-order valence-electron chi connectivity index (χ3n) is 6.85. The van der Waals surface area contributed by atoms with Gasteiger partial charge in [-0.1, -0.05) is 37.6 Å². The lowest BCUT2D eigenvalue weighted by molar-refractivity contribution is 0.103. The number of hydrogen-bond acceptors (Lipinski definition) is 4. The van der Waals surface area contributed by atoms with Gasteiger partial charge in [-0.15, -0.1) is 11.3 Å². The normalized spacial score (nSPS) is 12.6. The predicted molar refractivity (Wildman–Crippen MR) is 148 cm³/mol. The molecule has 194 valence electrons. The van der Waals surface area contributed by atoms with Gasteiger partial charge in [0, 0.05) is 32.6 Å². The van der Waals surface area contributed by atoms with Gasteiger partial charge >= 0.3 is 0 Å². The van der Waals surface area contributed by atoms with E-state index >= 15 is 0 Å². The molecule has 0 atom stereocenters. The molecule has 4 rings (SSSR count). The maximum Gasteiger partial charge on any atom is 0.265 e. The number of carbonyl (C=O) groups is 1. The molecule has 1 heterocycles. The van der Waals surface area contributed by atoms with Crippen LogP contribution in [0.5, 0.6) is 0 Å². The van der Waals surface area contributed by atoms with Gasteiger partial charge in [0.1, 0.15) is 11.6 Å². The average molecular weight is 562 g/mol. The number of fused-ring (bicyclic) bond motifs is 1. The first-order chi connectivity index (χ1) is 17.1. The Balaban J connectivity index is 1.66. The fraction of sp³-hybridized carbons (Fsp3) is 0.250. The molecule has 3 aromatic carbocycles. The van der Waals surface area contributed by atoms with Crippen molar-refractivity contribution in [2.24, 2.45) is 0 Å². The molecule has 1 aromatic heterocycles. The molecular formula is C28H26ClF2NO3S2. The van der Waals surface area contributed by atoms with Crippen LogP contribution in [0.15, 0.2) is 60.7 Å². The van der Waals surface area contributed by atoms with E-state index in [0.717, 1.165) is 28.7 Å². The summed E-state index contributed by atoms with van der Waals surface area (Å²) in [6.07, 6.45) is 1.07. The first-order valence-electron chi connectivity index (χ1n) is 11.4. The van der Waals surface area contributed by atoms with Crippen molar-refractivity contribution in [1.29, 1.82) is 0 Å². The minimum Gasteiger partial charge on any atom is -0.321 e. The summed E-state index contributed by atoms with van der Waals surface area (Å²) < 4.78 is 51.9. The van der Waals surface area contributed by atoms with Crippen LogP contribution >= 0.6 is 22.9 Å². The Labute approximate surface area is 224 Å². The van der Waals surface area contributed by atoms with Gasteiger partial charge in [-0.3, -0.25) is 4.79 Å². The molecular weight excluding hydrogens is 536 g/mol. The molecule has 4 nitrogen and oxygen atoms in total. The SMILES string of the molecule is CC(C)(c1ccc(F)cc1)c1cc(Cl)cc(NC(=O)c2cc3cc(C(C)(C)S(C)(=O)=O)c(F)cc3s2)c1. The number of nitrogens with one attached hydrogen (secondary N) is 1. The quantitative estimate of drug-likeness (QED) is 0.262. The standard InChI is InChI=1S/C28H26ClF2NO3S2/c1-27(2,17-6-8-20(30)9-7-17)18-12-19(29)14-21(13-18)32-26(33)25-11-16-10-22(23(31)15-24(16)36-25)28(3,4)37(5,34)35/h6-15H,1-5H3,(H,32,33). The van der Waals surface area contributed by atoms with Gasteiger partial charge in [-0.2, -0.15) is 0 Å². The Morgan fingerprint density at radius 1 is 0.919 bits per heavy atom. The van der Waals surface area contributed by atoms with Gasteiger partial charge in [0.05, 0.1) is 9.62 Å². The highest BCUT2D eigenvalue weighted by molar-refractivity contribution is 7.91. The van der Waals surface area contributed by atoms with Gasteiger partial charge in [0.25, 0.3) is 5.91 Å². The van der Waals surface area contributed by atoms with Crippen molar-refractivity contribution in [2.75, 3.05) is 11.6 Å². The second-order valence-corrected chi connectivity index (χ2v) is 14.2. The van der Waals surface area contributed by atoms with Crippen LogP contribution < -0.4 is 5.32 Å². The minimum atomic E-state index is -3.59. The van der Waals surface area contributed by atoms with E-state index in [9.17, 15) is 22.0 Å². The summed E-state index contributed by atoms with van der Waals surface area (Å²) in [6, 6.07) is 15.8. The highest BCUT2D eigenvalue weighted by Crippen LogP contribution is 2.37. The lowest BCUT2D eigenvalue weighted by Crippen LogP contribution is -2.29. The zero-order valence-electron chi connectivity index (χ0n) is 20.9. The average Bonchev–Trinajstić information content (AvgIpc) is 3.20.